The Morgan fingerprint density at radius 2 is 1.80 bits per heavy atom. The fourth-order valence-electron chi connectivity index (χ4n) is 1.95. The highest BCUT2D eigenvalue weighted by Crippen LogP contribution is 2.33. The lowest BCUT2D eigenvalue weighted by Gasteiger charge is -2.25. The second kappa shape index (κ2) is 5.71. The van der Waals surface area contributed by atoms with Crippen molar-refractivity contribution in [2.24, 2.45) is 0 Å². The molecule has 4 heteroatoms. The zero-order chi connectivity index (χ0) is 14.8. The average Bonchev–Trinajstić information content (AvgIpc) is 2.42. The number of ether oxygens (including phenoxy) is 2. The summed E-state index contributed by atoms with van der Waals surface area (Å²) in [5.74, 6) is 0.224. The third-order valence-electron chi connectivity index (χ3n) is 2.96. The molecule has 0 heterocycles. The minimum absolute atomic E-state index is 0.326. The number of halogens is 1. The van der Waals surface area contributed by atoms with E-state index in [1.807, 2.05) is 24.3 Å². The molecule has 0 aliphatic rings. The molecule has 20 heavy (non-hydrogen) atoms. The van der Waals surface area contributed by atoms with E-state index in [0.29, 0.717) is 17.4 Å². The van der Waals surface area contributed by atoms with Gasteiger partial charge in [-0.3, -0.25) is 0 Å². The fraction of sp³-hybridized carbons (Fsp3) is 0.312. The molecule has 0 amide bonds. The molecule has 0 N–H and O–H groups in total. The lowest BCUT2D eigenvalue weighted by molar-refractivity contribution is -0.158. The minimum Gasteiger partial charge on any atom is -0.476 e. The molecule has 0 fully saturated rings. The summed E-state index contributed by atoms with van der Waals surface area (Å²) in [6.45, 7) is 5.47. The van der Waals surface area contributed by atoms with Crippen LogP contribution in [0.25, 0.3) is 10.8 Å². The van der Waals surface area contributed by atoms with E-state index in [1.54, 1.807) is 32.9 Å². The van der Waals surface area contributed by atoms with Crippen LogP contribution < -0.4 is 4.74 Å². The van der Waals surface area contributed by atoms with Crippen molar-refractivity contribution in [1.82, 2.24) is 0 Å². The van der Waals surface area contributed by atoms with Crippen molar-refractivity contribution in [2.45, 2.75) is 26.4 Å². The molecule has 0 aliphatic heterocycles. The second-order valence-electron chi connectivity index (χ2n) is 4.92. The quantitative estimate of drug-likeness (QED) is 0.792. The largest absolute Gasteiger partial charge is 0.476 e. The van der Waals surface area contributed by atoms with Gasteiger partial charge in [0, 0.05) is 15.8 Å². The standard InChI is InChI=1S/C16H17ClO3/c1-4-19-15(18)16(2,3)20-14-10-9-13(17)11-7-5-6-8-12(11)14/h5-10H,4H2,1-3H3. The van der Waals surface area contributed by atoms with E-state index in [1.165, 1.54) is 0 Å². The van der Waals surface area contributed by atoms with Gasteiger partial charge in [-0.25, -0.2) is 4.79 Å². The predicted molar refractivity (Wildman–Crippen MR) is 80.3 cm³/mol. The number of carbonyl (C=O) groups excluding carboxylic acids is 1. The van der Waals surface area contributed by atoms with Crippen LogP contribution in [0.1, 0.15) is 20.8 Å². The molecular weight excluding hydrogens is 276 g/mol. The van der Waals surface area contributed by atoms with E-state index in [0.717, 1.165) is 10.8 Å². The maximum Gasteiger partial charge on any atom is 0.349 e. The predicted octanol–water partition coefficient (Wildman–Crippen LogP) is 4.21. The minimum atomic E-state index is -1.05. The van der Waals surface area contributed by atoms with Crippen LogP contribution in [0.5, 0.6) is 5.75 Å². The van der Waals surface area contributed by atoms with Crippen LogP contribution in [0.2, 0.25) is 5.02 Å². The van der Waals surface area contributed by atoms with E-state index < -0.39 is 5.60 Å². The Balaban J connectivity index is 2.39. The number of benzene rings is 2. The summed E-state index contributed by atoms with van der Waals surface area (Å²) in [5.41, 5.74) is -1.05. The SMILES string of the molecule is CCOC(=O)C(C)(C)Oc1ccc(Cl)c2ccccc12. The Labute approximate surface area is 123 Å². The molecule has 0 aromatic heterocycles. The summed E-state index contributed by atoms with van der Waals surface area (Å²) in [5, 5.41) is 2.42. The smallest absolute Gasteiger partial charge is 0.349 e. The van der Waals surface area contributed by atoms with Gasteiger partial charge in [0.25, 0.3) is 0 Å². The zero-order valence-electron chi connectivity index (χ0n) is 11.8. The van der Waals surface area contributed by atoms with Gasteiger partial charge < -0.3 is 9.47 Å². The molecule has 0 radical (unpaired) electrons. The first-order valence-electron chi connectivity index (χ1n) is 6.49. The lowest BCUT2D eigenvalue weighted by atomic mass is 10.1. The third-order valence-corrected chi connectivity index (χ3v) is 3.29. The van der Waals surface area contributed by atoms with Crippen LogP contribution in [0.15, 0.2) is 36.4 Å². The Kier molecular flexibility index (Phi) is 4.19. The highest BCUT2D eigenvalue weighted by Gasteiger charge is 2.32. The van der Waals surface area contributed by atoms with Gasteiger partial charge >= 0.3 is 5.97 Å². The van der Waals surface area contributed by atoms with Crippen LogP contribution in [0.3, 0.4) is 0 Å². The number of hydrogen-bond acceptors (Lipinski definition) is 3. The van der Waals surface area contributed by atoms with E-state index in [2.05, 4.69) is 0 Å². The maximum atomic E-state index is 11.9. The van der Waals surface area contributed by atoms with Crippen molar-refractivity contribution < 1.29 is 14.3 Å². The summed E-state index contributed by atoms with van der Waals surface area (Å²) in [7, 11) is 0. The summed E-state index contributed by atoms with van der Waals surface area (Å²) in [6.07, 6.45) is 0. The van der Waals surface area contributed by atoms with E-state index >= 15 is 0 Å². The fourth-order valence-corrected chi connectivity index (χ4v) is 2.17. The molecule has 3 nitrogen and oxygen atoms in total. The van der Waals surface area contributed by atoms with Gasteiger partial charge in [0.1, 0.15) is 5.75 Å². The molecule has 0 aliphatic carbocycles. The van der Waals surface area contributed by atoms with Crippen LogP contribution in [0, 0.1) is 0 Å². The number of fused-ring (bicyclic) bond motifs is 1. The molecule has 0 spiro atoms. The molecule has 0 unspecified atom stereocenters. The van der Waals surface area contributed by atoms with Crippen molar-refractivity contribution in [3.05, 3.63) is 41.4 Å². The normalized spacial score (nSPS) is 11.4. The van der Waals surface area contributed by atoms with Gasteiger partial charge in [-0.1, -0.05) is 35.9 Å². The molecule has 0 saturated heterocycles. The van der Waals surface area contributed by atoms with Gasteiger partial charge in [0.15, 0.2) is 5.60 Å². The first kappa shape index (κ1) is 14.7. The van der Waals surface area contributed by atoms with Gasteiger partial charge in [-0.2, -0.15) is 0 Å². The van der Waals surface area contributed by atoms with Crippen LogP contribution >= 0.6 is 11.6 Å². The molecular formula is C16H17ClO3. The molecule has 106 valence electrons. The first-order chi connectivity index (χ1) is 9.45. The average molecular weight is 293 g/mol. The zero-order valence-corrected chi connectivity index (χ0v) is 12.5. The number of hydrogen-bond donors (Lipinski definition) is 0. The van der Waals surface area contributed by atoms with Crippen LogP contribution in [-0.2, 0) is 9.53 Å². The summed E-state index contributed by atoms with van der Waals surface area (Å²) in [6, 6.07) is 11.2. The third kappa shape index (κ3) is 2.88. The molecule has 2 rings (SSSR count). The molecule has 0 atom stereocenters. The first-order valence-corrected chi connectivity index (χ1v) is 6.87. The Bertz CT molecular complexity index is 635. The van der Waals surface area contributed by atoms with Gasteiger partial charge in [-0.05, 0) is 32.9 Å². The maximum absolute atomic E-state index is 11.9. The summed E-state index contributed by atoms with van der Waals surface area (Å²) < 4.78 is 10.9. The number of rotatable bonds is 4. The molecule has 0 saturated carbocycles. The van der Waals surface area contributed by atoms with Crippen molar-refractivity contribution in [3.8, 4) is 5.75 Å². The monoisotopic (exact) mass is 292 g/mol. The Morgan fingerprint density at radius 3 is 2.45 bits per heavy atom. The highest BCUT2D eigenvalue weighted by molar-refractivity contribution is 6.35. The Hall–Kier alpha value is -1.74. The van der Waals surface area contributed by atoms with Gasteiger partial charge in [0.05, 0.1) is 6.61 Å². The van der Waals surface area contributed by atoms with E-state index in [9.17, 15) is 4.79 Å². The van der Waals surface area contributed by atoms with Crippen molar-refractivity contribution in [2.75, 3.05) is 6.61 Å². The topological polar surface area (TPSA) is 35.5 Å². The van der Waals surface area contributed by atoms with Crippen LogP contribution in [0.4, 0.5) is 0 Å². The van der Waals surface area contributed by atoms with E-state index in [4.69, 9.17) is 21.1 Å². The van der Waals surface area contributed by atoms with Crippen molar-refractivity contribution in [3.63, 3.8) is 0 Å². The number of carbonyl (C=O) groups is 1. The molecule has 2 aromatic carbocycles. The van der Waals surface area contributed by atoms with Crippen LogP contribution in [-0.4, -0.2) is 18.2 Å². The second-order valence-corrected chi connectivity index (χ2v) is 5.33. The highest BCUT2D eigenvalue weighted by atomic mass is 35.5. The summed E-state index contributed by atoms with van der Waals surface area (Å²) in [4.78, 5) is 11.9. The van der Waals surface area contributed by atoms with Crippen molar-refractivity contribution >= 4 is 28.3 Å². The number of esters is 1. The lowest BCUT2D eigenvalue weighted by Crippen LogP contribution is -2.39. The summed E-state index contributed by atoms with van der Waals surface area (Å²) >= 11 is 6.17. The van der Waals surface area contributed by atoms with Gasteiger partial charge in [-0.15, -0.1) is 0 Å². The van der Waals surface area contributed by atoms with E-state index in [-0.39, 0.29) is 5.97 Å². The molecule has 0 bridgehead atoms. The molecule has 2 aromatic rings. The Morgan fingerprint density at radius 1 is 1.15 bits per heavy atom. The van der Waals surface area contributed by atoms with Crippen molar-refractivity contribution in [1.29, 1.82) is 0 Å². The van der Waals surface area contributed by atoms with Gasteiger partial charge in [0.2, 0.25) is 0 Å².